The second-order valence-corrected chi connectivity index (χ2v) is 5.65. The largest absolute Gasteiger partial charge is 0.396 e. The Labute approximate surface area is 121 Å². The molecular formula is C16H16BrFO. The minimum atomic E-state index is -0.227. The smallest absolute Gasteiger partial charge is 0.126 e. The molecule has 0 amide bonds. The van der Waals surface area contributed by atoms with E-state index in [4.69, 9.17) is 0 Å². The minimum absolute atomic E-state index is 0.00933. The maximum Gasteiger partial charge on any atom is 0.126 e. The van der Waals surface area contributed by atoms with E-state index in [-0.39, 0.29) is 18.3 Å². The first-order valence-electron chi connectivity index (χ1n) is 6.21. The molecule has 1 N–H and O–H groups in total. The summed E-state index contributed by atoms with van der Waals surface area (Å²) < 4.78 is 14.6. The van der Waals surface area contributed by atoms with E-state index in [1.807, 2.05) is 31.2 Å². The summed E-state index contributed by atoms with van der Waals surface area (Å²) in [7, 11) is 0. The Morgan fingerprint density at radius 3 is 2.68 bits per heavy atom. The van der Waals surface area contributed by atoms with Crippen LogP contribution in [0.2, 0.25) is 0 Å². The monoisotopic (exact) mass is 322 g/mol. The van der Waals surface area contributed by atoms with Gasteiger partial charge in [0.1, 0.15) is 5.82 Å². The van der Waals surface area contributed by atoms with Gasteiger partial charge in [-0.3, -0.25) is 0 Å². The van der Waals surface area contributed by atoms with E-state index in [2.05, 4.69) is 15.9 Å². The van der Waals surface area contributed by atoms with Crippen LogP contribution in [-0.4, -0.2) is 11.7 Å². The highest BCUT2D eigenvalue weighted by atomic mass is 79.9. The van der Waals surface area contributed by atoms with Crippen LogP contribution >= 0.6 is 15.9 Å². The Morgan fingerprint density at radius 2 is 2.00 bits per heavy atom. The van der Waals surface area contributed by atoms with Crippen LogP contribution in [0.15, 0.2) is 46.9 Å². The first-order chi connectivity index (χ1) is 9.10. The third kappa shape index (κ3) is 3.64. The molecule has 0 bridgehead atoms. The third-order valence-corrected chi connectivity index (χ3v) is 3.70. The van der Waals surface area contributed by atoms with E-state index >= 15 is 0 Å². The molecule has 3 heteroatoms. The number of aliphatic hydroxyl groups excluding tert-OH is 1. The van der Waals surface area contributed by atoms with Crippen molar-refractivity contribution < 1.29 is 9.50 Å². The van der Waals surface area contributed by atoms with Crippen LogP contribution in [0.3, 0.4) is 0 Å². The Morgan fingerprint density at radius 1 is 1.21 bits per heavy atom. The van der Waals surface area contributed by atoms with Crippen molar-refractivity contribution in [2.75, 3.05) is 6.61 Å². The molecule has 1 atom stereocenters. The number of rotatable bonds is 4. The van der Waals surface area contributed by atoms with Crippen molar-refractivity contribution in [1.82, 2.24) is 0 Å². The Hall–Kier alpha value is -1.19. The summed E-state index contributed by atoms with van der Waals surface area (Å²) in [6.45, 7) is 2.02. The van der Waals surface area contributed by atoms with Gasteiger partial charge in [-0.15, -0.1) is 0 Å². The fourth-order valence-corrected chi connectivity index (χ4v) is 2.59. The molecule has 0 aliphatic heterocycles. The van der Waals surface area contributed by atoms with Gasteiger partial charge in [0.05, 0.1) is 6.61 Å². The zero-order valence-corrected chi connectivity index (χ0v) is 12.3. The molecule has 0 fully saturated rings. The van der Waals surface area contributed by atoms with Crippen LogP contribution in [-0.2, 0) is 6.42 Å². The molecule has 2 rings (SSSR count). The zero-order valence-electron chi connectivity index (χ0n) is 10.7. The first-order valence-corrected chi connectivity index (χ1v) is 7.01. The molecule has 0 saturated carbocycles. The molecule has 100 valence electrons. The highest BCUT2D eigenvalue weighted by Gasteiger charge is 2.14. The van der Waals surface area contributed by atoms with Gasteiger partial charge in [0.25, 0.3) is 0 Å². The van der Waals surface area contributed by atoms with E-state index in [1.54, 1.807) is 12.1 Å². The molecule has 19 heavy (non-hydrogen) atoms. The summed E-state index contributed by atoms with van der Waals surface area (Å²) in [6.07, 6.45) is 0.491. The lowest BCUT2D eigenvalue weighted by Gasteiger charge is -2.16. The van der Waals surface area contributed by atoms with Gasteiger partial charge in [0.2, 0.25) is 0 Å². The van der Waals surface area contributed by atoms with Gasteiger partial charge < -0.3 is 5.11 Å². The first kappa shape index (κ1) is 14.2. The highest BCUT2D eigenvalue weighted by molar-refractivity contribution is 9.10. The Balaban J connectivity index is 2.26. The van der Waals surface area contributed by atoms with E-state index in [0.717, 1.165) is 15.6 Å². The van der Waals surface area contributed by atoms with Crippen molar-refractivity contribution in [2.24, 2.45) is 0 Å². The van der Waals surface area contributed by atoms with Gasteiger partial charge in [0.15, 0.2) is 0 Å². The molecule has 2 aromatic rings. The van der Waals surface area contributed by atoms with Crippen LogP contribution in [0, 0.1) is 12.7 Å². The Kier molecular flexibility index (Phi) is 4.72. The van der Waals surface area contributed by atoms with E-state index < -0.39 is 0 Å². The van der Waals surface area contributed by atoms with Gasteiger partial charge in [-0.2, -0.15) is 0 Å². The molecule has 1 nitrogen and oxygen atoms in total. The van der Waals surface area contributed by atoms with Crippen LogP contribution in [0.1, 0.15) is 22.6 Å². The van der Waals surface area contributed by atoms with Gasteiger partial charge in [-0.05, 0) is 42.7 Å². The van der Waals surface area contributed by atoms with Gasteiger partial charge in [-0.25, -0.2) is 4.39 Å². The minimum Gasteiger partial charge on any atom is -0.396 e. The predicted octanol–water partition coefficient (Wildman–Crippen LogP) is 4.22. The number of benzene rings is 2. The molecule has 0 saturated heterocycles. The lowest BCUT2D eigenvalue weighted by atomic mass is 9.91. The van der Waals surface area contributed by atoms with Crippen LogP contribution in [0.4, 0.5) is 4.39 Å². The zero-order chi connectivity index (χ0) is 13.8. The standard InChI is InChI=1S/C16H16BrFO/c1-11-3-2-4-12(7-11)14(10-19)8-13-9-15(17)5-6-16(13)18/h2-7,9,14,19H,8,10H2,1H3. The molecule has 0 aliphatic carbocycles. The van der Waals surface area contributed by atoms with Gasteiger partial charge >= 0.3 is 0 Å². The molecule has 1 unspecified atom stereocenters. The topological polar surface area (TPSA) is 20.2 Å². The molecule has 2 aromatic carbocycles. The summed E-state index contributed by atoms with van der Waals surface area (Å²) in [5.41, 5.74) is 2.81. The average molecular weight is 323 g/mol. The highest BCUT2D eigenvalue weighted by Crippen LogP contribution is 2.24. The van der Waals surface area contributed by atoms with Crippen LogP contribution in [0.25, 0.3) is 0 Å². The van der Waals surface area contributed by atoms with E-state index in [1.165, 1.54) is 6.07 Å². The van der Waals surface area contributed by atoms with E-state index in [9.17, 15) is 9.50 Å². The second kappa shape index (κ2) is 6.31. The number of aliphatic hydroxyl groups is 1. The molecule has 0 aromatic heterocycles. The van der Waals surface area contributed by atoms with Crippen molar-refractivity contribution in [3.8, 4) is 0 Å². The quantitative estimate of drug-likeness (QED) is 0.893. The van der Waals surface area contributed by atoms with E-state index in [0.29, 0.717) is 12.0 Å². The molecule has 0 heterocycles. The van der Waals surface area contributed by atoms with Crippen molar-refractivity contribution >= 4 is 15.9 Å². The van der Waals surface area contributed by atoms with Crippen LogP contribution < -0.4 is 0 Å². The molecule has 0 spiro atoms. The normalized spacial score (nSPS) is 12.4. The number of aryl methyl sites for hydroxylation is 1. The fraction of sp³-hybridized carbons (Fsp3) is 0.250. The summed E-state index contributed by atoms with van der Waals surface area (Å²) in [5, 5.41) is 9.56. The maximum atomic E-state index is 13.8. The van der Waals surface area contributed by atoms with Crippen LogP contribution in [0.5, 0.6) is 0 Å². The lowest BCUT2D eigenvalue weighted by Crippen LogP contribution is -2.09. The summed E-state index contributed by atoms with van der Waals surface area (Å²) in [5.74, 6) is -0.307. The van der Waals surface area contributed by atoms with Crippen molar-refractivity contribution in [3.63, 3.8) is 0 Å². The number of halogens is 2. The van der Waals surface area contributed by atoms with Gasteiger partial charge in [0, 0.05) is 10.4 Å². The average Bonchev–Trinajstić information content (AvgIpc) is 2.39. The van der Waals surface area contributed by atoms with Crippen molar-refractivity contribution in [3.05, 3.63) is 69.4 Å². The molecule has 0 aliphatic rings. The third-order valence-electron chi connectivity index (χ3n) is 3.21. The summed E-state index contributed by atoms with van der Waals surface area (Å²) in [6, 6.07) is 12.9. The lowest BCUT2D eigenvalue weighted by molar-refractivity contribution is 0.263. The second-order valence-electron chi connectivity index (χ2n) is 4.73. The SMILES string of the molecule is Cc1cccc(C(CO)Cc2cc(Br)ccc2F)c1. The molecular weight excluding hydrogens is 307 g/mol. The maximum absolute atomic E-state index is 13.8. The fourth-order valence-electron chi connectivity index (χ4n) is 2.18. The predicted molar refractivity (Wildman–Crippen MR) is 78.8 cm³/mol. The number of hydrogen-bond acceptors (Lipinski definition) is 1. The number of hydrogen-bond donors (Lipinski definition) is 1. The van der Waals surface area contributed by atoms with Gasteiger partial charge in [-0.1, -0.05) is 45.8 Å². The van der Waals surface area contributed by atoms with Crippen molar-refractivity contribution in [2.45, 2.75) is 19.3 Å². The summed E-state index contributed by atoms with van der Waals surface area (Å²) in [4.78, 5) is 0. The Bertz CT molecular complexity index is 568. The summed E-state index contributed by atoms with van der Waals surface area (Å²) >= 11 is 3.35. The van der Waals surface area contributed by atoms with Crippen molar-refractivity contribution in [1.29, 1.82) is 0 Å². The molecule has 0 radical (unpaired) electrons.